The SMILES string of the molecule is CCCCC/C=C\C/C=C\C/C=C\C/C=C\CCCCCCCC(=O)OC(CCCCCCCCCCC)CCCCCCCC(=O)O. The Balaban J connectivity index is 3.99. The largest absolute Gasteiger partial charge is 0.481 e. The molecule has 0 aromatic heterocycles. The lowest BCUT2D eigenvalue weighted by molar-refractivity contribution is -0.150. The highest BCUT2D eigenvalue weighted by molar-refractivity contribution is 5.69. The van der Waals surface area contributed by atoms with Crippen LogP contribution in [0.25, 0.3) is 0 Å². The van der Waals surface area contributed by atoms with Crippen molar-refractivity contribution in [2.24, 2.45) is 0 Å². The van der Waals surface area contributed by atoms with E-state index in [0.717, 1.165) is 89.9 Å². The van der Waals surface area contributed by atoms with Crippen molar-refractivity contribution in [3.8, 4) is 0 Å². The molecule has 0 rings (SSSR count). The molecule has 0 aliphatic heterocycles. The number of unbranched alkanes of at least 4 members (excludes halogenated alkanes) is 20. The van der Waals surface area contributed by atoms with E-state index in [9.17, 15) is 9.59 Å². The monoisotopic (exact) mass is 671 g/mol. The van der Waals surface area contributed by atoms with Crippen LogP contribution in [-0.4, -0.2) is 23.1 Å². The van der Waals surface area contributed by atoms with Gasteiger partial charge >= 0.3 is 11.9 Å². The molecule has 0 amide bonds. The van der Waals surface area contributed by atoms with Crippen LogP contribution in [0.4, 0.5) is 0 Å². The van der Waals surface area contributed by atoms with Crippen molar-refractivity contribution >= 4 is 11.9 Å². The van der Waals surface area contributed by atoms with Crippen LogP contribution >= 0.6 is 0 Å². The Bertz CT molecular complexity index is 809. The van der Waals surface area contributed by atoms with Gasteiger partial charge in [-0.1, -0.05) is 165 Å². The molecule has 0 aromatic rings. The molecule has 48 heavy (non-hydrogen) atoms. The van der Waals surface area contributed by atoms with Crippen molar-refractivity contribution in [3.63, 3.8) is 0 Å². The smallest absolute Gasteiger partial charge is 0.306 e. The number of hydrogen-bond acceptors (Lipinski definition) is 3. The highest BCUT2D eigenvalue weighted by Gasteiger charge is 2.14. The first-order valence-corrected chi connectivity index (χ1v) is 20.6. The number of carbonyl (C=O) groups is 2. The standard InChI is InChI=1S/C44H78O4/c1-3-5-7-9-11-13-14-15-16-17-18-19-20-21-22-23-24-26-28-33-37-41-44(47)48-42(39-35-31-29-32-36-40-43(45)46)38-34-30-27-25-12-10-8-6-4-2/h11,13,15-16,18-19,21-22,42H,3-10,12,14,17,20,23-41H2,1-2H3,(H,45,46)/b13-11-,16-15-,19-18-,22-21-. The van der Waals surface area contributed by atoms with Crippen molar-refractivity contribution in [3.05, 3.63) is 48.6 Å². The molecular weight excluding hydrogens is 592 g/mol. The summed E-state index contributed by atoms with van der Waals surface area (Å²) in [7, 11) is 0. The van der Waals surface area contributed by atoms with Crippen LogP contribution in [0.1, 0.15) is 213 Å². The molecule has 0 aromatic carbocycles. The average Bonchev–Trinajstić information content (AvgIpc) is 3.07. The third kappa shape index (κ3) is 38.3. The minimum atomic E-state index is -0.703. The van der Waals surface area contributed by atoms with Gasteiger partial charge in [0.25, 0.3) is 0 Å². The van der Waals surface area contributed by atoms with Crippen LogP contribution in [0.15, 0.2) is 48.6 Å². The molecule has 1 N–H and O–H groups in total. The van der Waals surface area contributed by atoms with Gasteiger partial charge in [0.1, 0.15) is 6.10 Å². The minimum absolute atomic E-state index is 0.0153. The molecule has 1 atom stereocenters. The van der Waals surface area contributed by atoms with Crippen LogP contribution in [0.3, 0.4) is 0 Å². The Morgan fingerprint density at radius 1 is 0.458 bits per heavy atom. The van der Waals surface area contributed by atoms with Crippen molar-refractivity contribution in [2.45, 2.75) is 219 Å². The Kier molecular flexibility index (Phi) is 37.6. The van der Waals surface area contributed by atoms with Crippen LogP contribution in [0, 0.1) is 0 Å². The van der Waals surface area contributed by atoms with Crippen molar-refractivity contribution < 1.29 is 19.4 Å². The zero-order valence-electron chi connectivity index (χ0n) is 31.8. The van der Waals surface area contributed by atoms with E-state index in [4.69, 9.17) is 9.84 Å². The summed E-state index contributed by atoms with van der Waals surface area (Å²) in [6.07, 6.45) is 52.7. The van der Waals surface area contributed by atoms with Gasteiger partial charge in [0.2, 0.25) is 0 Å². The second kappa shape index (κ2) is 39.3. The van der Waals surface area contributed by atoms with Gasteiger partial charge < -0.3 is 9.84 Å². The molecular formula is C44H78O4. The van der Waals surface area contributed by atoms with Gasteiger partial charge in [-0.15, -0.1) is 0 Å². The van der Waals surface area contributed by atoms with Gasteiger partial charge in [0.05, 0.1) is 0 Å². The predicted molar refractivity (Wildman–Crippen MR) is 209 cm³/mol. The average molecular weight is 671 g/mol. The second-order valence-electron chi connectivity index (χ2n) is 13.8. The second-order valence-corrected chi connectivity index (χ2v) is 13.8. The molecule has 0 aliphatic carbocycles. The number of rotatable bonds is 37. The fourth-order valence-electron chi connectivity index (χ4n) is 5.99. The van der Waals surface area contributed by atoms with Crippen molar-refractivity contribution in [1.29, 1.82) is 0 Å². The first-order valence-electron chi connectivity index (χ1n) is 20.6. The summed E-state index contributed by atoms with van der Waals surface area (Å²) in [6.45, 7) is 4.51. The van der Waals surface area contributed by atoms with Gasteiger partial charge in [0, 0.05) is 12.8 Å². The summed E-state index contributed by atoms with van der Waals surface area (Å²) >= 11 is 0. The molecule has 4 nitrogen and oxygen atoms in total. The third-order valence-corrected chi connectivity index (χ3v) is 9.05. The molecule has 0 heterocycles. The summed E-state index contributed by atoms with van der Waals surface area (Å²) < 4.78 is 5.99. The van der Waals surface area contributed by atoms with Gasteiger partial charge in [-0.25, -0.2) is 0 Å². The number of ether oxygens (including phenoxy) is 1. The highest BCUT2D eigenvalue weighted by atomic mass is 16.5. The number of aliphatic carboxylic acids is 1. The predicted octanol–water partition coefficient (Wildman–Crippen LogP) is 14.3. The molecule has 1 unspecified atom stereocenters. The number of hydrogen-bond donors (Lipinski definition) is 1. The van der Waals surface area contributed by atoms with Crippen LogP contribution in [0.2, 0.25) is 0 Å². The van der Waals surface area contributed by atoms with Crippen LogP contribution in [-0.2, 0) is 14.3 Å². The highest BCUT2D eigenvalue weighted by Crippen LogP contribution is 2.19. The van der Waals surface area contributed by atoms with E-state index in [1.807, 2.05) is 0 Å². The Morgan fingerprint density at radius 3 is 1.29 bits per heavy atom. The van der Waals surface area contributed by atoms with E-state index in [2.05, 4.69) is 62.5 Å². The summed E-state index contributed by atoms with van der Waals surface area (Å²) in [5.41, 5.74) is 0. The van der Waals surface area contributed by atoms with Crippen molar-refractivity contribution in [2.75, 3.05) is 0 Å². The number of esters is 1. The summed E-state index contributed by atoms with van der Waals surface area (Å²) in [6, 6.07) is 0. The molecule has 0 saturated heterocycles. The number of carbonyl (C=O) groups excluding carboxylic acids is 1. The van der Waals surface area contributed by atoms with Gasteiger partial charge in [-0.05, 0) is 83.5 Å². The number of carboxylic acids is 1. The quantitative estimate of drug-likeness (QED) is 0.0406. The maximum atomic E-state index is 12.7. The zero-order chi connectivity index (χ0) is 35.0. The van der Waals surface area contributed by atoms with Crippen LogP contribution < -0.4 is 0 Å². The lowest BCUT2D eigenvalue weighted by Crippen LogP contribution is -2.18. The maximum Gasteiger partial charge on any atom is 0.306 e. The normalized spacial score (nSPS) is 12.7. The summed E-state index contributed by atoms with van der Waals surface area (Å²) in [5.74, 6) is -0.719. The Labute approximate surface area is 298 Å². The van der Waals surface area contributed by atoms with Gasteiger partial charge in [-0.2, -0.15) is 0 Å². The van der Waals surface area contributed by atoms with Gasteiger partial charge in [-0.3, -0.25) is 9.59 Å². The summed E-state index contributed by atoms with van der Waals surface area (Å²) in [5, 5.41) is 8.81. The van der Waals surface area contributed by atoms with E-state index in [0.29, 0.717) is 6.42 Å². The minimum Gasteiger partial charge on any atom is -0.481 e. The first-order chi connectivity index (χ1) is 23.6. The molecule has 0 aliphatic rings. The topological polar surface area (TPSA) is 63.6 Å². The summed E-state index contributed by atoms with van der Waals surface area (Å²) in [4.78, 5) is 23.4. The molecule has 0 fully saturated rings. The molecule has 278 valence electrons. The first kappa shape index (κ1) is 45.9. The fraction of sp³-hybridized carbons (Fsp3) is 0.773. The van der Waals surface area contributed by atoms with E-state index in [-0.39, 0.29) is 18.5 Å². The number of carboxylic acid groups (broad SMARTS) is 1. The van der Waals surface area contributed by atoms with Gasteiger partial charge in [0.15, 0.2) is 0 Å². The molecule has 0 spiro atoms. The van der Waals surface area contributed by atoms with E-state index < -0.39 is 5.97 Å². The number of allylic oxidation sites excluding steroid dienone is 8. The van der Waals surface area contributed by atoms with Crippen LogP contribution in [0.5, 0.6) is 0 Å². The maximum absolute atomic E-state index is 12.7. The Morgan fingerprint density at radius 2 is 0.812 bits per heavy atom. The molecule has 0 saturated carbocycles. The van der Waals surface area contributed by atoms with E-state index in [1.54, 1.807) is 0 Å². The zero-order valence-corrected chi connectivity index (χ0v) is 31.8. The third-order valence-electron chi connectivity index (χ3n) is 9.05. The van der Waals surface area contributed by atoms with E-state index >= 15 is 0 Å². The lowest BCUT2D eigenvalue weighted by atomic mass is 10.0. The molecule has 0 bridgehead atoms. The Hall–Kier alpha value is -2.10. The molecule has 4 heteroatoms. The van der Waals surface area contributed by atoms with E-state index in [1.165, 1.54) is 96.3 Å². The fourth-order valence-corrected chi connectivity index (χ4v) is 5.99. The van der Waals surface area contributed by atoms with Crippen molar-refractivity contribution in [1.82, 2.24) is 0 Å². The lowest BCUT2D eigenvalue weighted by Gasteiger charge is -2.18. The molecule has 0 radical (unpaired) electrons.